The summed E-state index contributed by atoms with van der Waals surface area (Å²) in [6.45, 7) is 2.11. The van der Waals surface area contributed by atoms with Gasteiger partial charge in [-0.25, -0.2) is 0 Å². The summed E-state index contributed by atoms with van der Waals surface area (Å²) in [6.07, 6.45) is 10.2. The van der Waals surface area contributed by atoms with E-state index < -0.39 is 0 Å². The molecule has 1 aliphatic heterocycles. The van der Waals surface area contributed by atoms with Gasteiger partial charge in [-0.2, -0.15) is 0 Å². The van der Waals surface area contributed by atoms with Crippen LogP contribution in [0.2, 0.25) is 0 Å². The summed E-state index contributed by atoms with van der Waals surface area (Å²) in [5, 5.41) is 0. The Morgan fingerprint density at radius 3 is 3.33 bits per heavy atom. The molecule has 0 aromatic heterocycles. The van der Waals surface area contributed by atoms with Crippen LogP contribution in [0, 0.1) is 0 Å². The Morgan fingerprint density at radius 1 is 1.56 bits per heavy atom. The second-order valence-electron chi connectivity index (χ2n) is 2.24. The Morgan fingerprint density at radius 2 is 2.44 bits per heavy atom. The summed E-state index contributed by atoms with van der Waals surface area (Å²) in [6, 6.07) is 0. The molecular weight excluding hydrogens is 110 g/mol. The van der Waals surface area contributed by atoms with E-state index in [0.717, 1.165) is 12.8 Å². The second-order valence-corrected chi connectivity index (χ2v) is 2.24. The molecule has 0 amide bonds. The highest BCUT2D eigenvalue weighted by Gasteiger charge is 1.86. The second kappa shape index (κ2) is 3.23. The molecule has 1 rings (SSSR count). The number of aliphatic imine (C=N–C) groups is 1. The molecule has 0 atom stereocenters. The van der Waals surface area contributed by atoms with Crippen LogP contribution in [0.25, 0.3) is 0 Å². The summed E-state index contributed by atoms with van der Waals surface area (Å²) >= 11 is 0. The lowest BCUT2D eigenvalue weighted by atomic mass is 10.1. The first-order valence-corrected chi connectivity index (χ1v) is 3.23. The van der Waals surface area contributed by atoms with Gasteiger partial charge >= 0.3 is 0 Å². The lowest BCUT2D eigenvalue weighted by Gasteiger charge is -1.95. The van der Waals surface area contributed by atoms with E-state index in [0.29, 0.717) is 0 Å². The quantitative estimate of drug-likeness (QED) is 0.466. The summed E-state index contributed by atoms with van der Waals surface area (Å²) < 4.78 is 0. The predicted molar refractivity (Wildman–Crippen MR) is 40.6 cm³/mol. The van der Waals surface area contributed by atoms with E-state index in [9.17, 15) is 0 Å². The minimum absolute atomic E-state index is 1.15. The number of hydrogen-bond donors (Lipinski definition) is 0. The van der Waals surface area contributed by atoms with Crippen molar-refractivity contribution in [2.45, 2.75) is 19.8 Å². The fourth-order valence-electron chi connectivity index (χ4n) is 0.753. The Kier molecular flexibility index (Phi) is 2.25. The lowest BCUT2D eigenvalue weighted by Crippen LogP contribution is -1.78. The molecule has 9 heavy (non-hydrogen) atoms. The van der Waals surface area contributed by atoms with Crippen molar-refractivity contribution in [1.82, 2.24) is 0 Å². The van der Waals surface area contributed by atoms with Crippen molar-refractivity contribution in [3.63, 3.8) is 0 Å². The molecule has 0 saturated heterocycles. The van der Waals surface area contributed by atoms with Crippen molar-refractivity contribution in [3.05, 3.63) is 23.9 Å². The first kappa shape index (κ1) is 6.27. The van der Waals surface area contributed by atoms with Gasteiger partial charge in [0.1, 0.15) is 0 Å². The van der Waals surface area contributed by atoms with Gasteiger partial charge in [-0.05, 0) is 25.8 Å². The maximum Gasteiger partial charge on any atom is 0.0264 e. The maximum absolute atomic E-state index is 4.04. The fourth-order valence-corrected chi connectivity index (χ4v) is 0.753. The third-order valence-corrected chi connectivity index (χ3v) is 1.31. The number of nitrogens with zero attached hydrogens (tertiary/aromatic N) is 1. The lowest BCUT2D eigenvalue weighted by molar-refractivity contribution is 0.970. The van der Waals surface area contributed by atoms with Crippen molar-refractivity contribution < 1.29 is 0 Å². The van der Waals surface area contributed by atoms with Crippen LogP contribution >= 0.6 is 0 Å². The molecule has 0 aromatic carbocycles. The molecule has 0 fully saturated rings. The van der Waals surface area contributed by atoms with Gasteiger partial charge in [-0.15, -0.1) is 0 Å². The summed E-state index contributed by atoms with van der Waals surface area (Å²) in [5.41, 5.74) is 1.36. The van der Waals surface area contributed by atoms with Crippen LogP contribution in [0.1, 0.15) is 19.8 Å². The van der Waals surface area contributed by atoms with Crippen LogP contribution < -0.4 is 0 Å². The van der Waals surface area contributed by atoms with E-state index >= 15 is 0 Å². The highest BCUT2D eigenvalue weighted by molar-refractivity contribution is 5.71. The van der Waals surface area contributed by atoms with Gasteiger partial charge in [0.15, 0.2) is 0 Å². The monoisotopic (exact) mass is 121 g/mol. The standard InChI is InChI=1S/C8H11N/c1-8-5-3-2-4-6-9-7-8/h2,4,6-7H,3,5H2,1H3. The normalized spacial score (nSPS) is 18.6. The fraction of sp³-hybridized carbons (Fsp3) is 0.375. The summed E-state index contributed by atoms with van der Waals surface area (Å²) in [4.78, 5) is 4.04. The van der Waals surface area contributed by atoms with E-state index in [4.69, 9.17) is 0 Å². The third-order valence-electron chi connectivity index (χ3n) is 1.31. The Hall–Kier alpha value is -0.850. The zero-order chi connectivity index (χ0) is 6.53. The number of rotatable bonds is 0. The minimum atomic E-state index is 1.15. The van der Waals surface area contributed by atoms with E-state index in [1.54, 1.807) is 0 Å². The van der Waals surface area contributed by atoms with Crippen molar-refractivity contribution in [3.8, 4) is 0 Å². The van der Waals surface area contributed by atoms with Crippen LogP contribution in [0.5, 0.6) is 0 Å². The molecule has 48 valence electrons. The van der Waals surface area contributed by atoms with E-state index in [2.05, 4.69) is 18.0 Å². The average Bonchev–Trinajstić information content (AvgIpc) is 1.79. The highest BCUT2D eigenvalue weighted by Crippen LogP contribution is 2.05. The van der Waals surface area contributed by atoms with Gasteiger partial charge in [0.2, 0.25) is 0 Å². The van der Waals surface area contributed by atoms with Crippen molar-refractivity contribution in [2.75, 3.05) is 0 Å². The van der Waals surface area contributed by atoms with Gasteiger partial charge in [0.25, 0.3) is 0 Å². The van der Waals surface area contributed by atoms with Gasteiger partial charge in [0, 0.05) is 12.4 Å². The highest BCUT2D eigenvalue weighted by atomic mass is 14.7. The Balaban J connectivity index is 2.62. The Bertz CT molecular complexity index is 163. The molecule has 0 radical (unpaired) electrons. The van der Waals surface area contributed by atoms with E-state index in [-0.39, 0.29) is 0 Å². The van der Waals surface area contributed by atoms with Gasteiger partial charge < -0.3 is 0 Å². The largest absolute Gasteiger partial charge is 0.265 e. The van der Waals surface area contributed by atoms with Crippen LogP contribution in [0.3, 0.4) is 0 Å². The molecule has 1 nitrogen and oxygen atoms in total. The van der Waals surface area contributed by atoms with Gasteiger partial charge in [-0.1, -0.05) is 11.6 Å². The molecular formula is C8H11N. The van der Waals surface area contributed by atoms with Crippen molar-refractivity contribution >= 4 is 6.21 Å². The van der Waals surface area contributed by atoms with E-state index in [1.807, 2.05) is 18.5 Å². The molecule has 1 heterocycles. The van der Waals surface area contributed by atoms with Crippen LogP contribution in [-0.4, -0.2) is 6.21 Å². The molecule has 0 aliphatic carbocycles. The summed E-state index contributed by atoms with van der Waals surface area (Å²) in [5.74, 6) is 0. The zero-order valence-electron chi connectivity index (χ0n) is 5.67. The van der Waals surface area contributed by atoms with Gasteiger partial charge in [-0.3, -0.25) is 4.99 Å². The number of allylic oxidation sites excluding steroid dienone is 3. The SMILES string of the molecule is CC1=CN=CC=CCC1. The molecule has 0 spiro atoms. The predicted octanol–water partition coefficient (Wildman–Crippen LogP) is 2.31. The molecule has 0 bridgehead atoms. The first-order valence-electron chi connectivity index (χ1n) is 3.23. The van der Waals surface area contributed by atoms with E-state index in [1.165, 1.54) is 5.57 Å². The third kappa shape index (κ3) is 2.27. The van der Waals surface area contributed by atoms with Crippen LogP contribution in [0.4, 0.5) is 0 Å². The molecule has 0 unspecified atom stereocenters. The molecule has 0 saturated carbocycles. The average molecular weight is 121 g/mol. The van der Waals surface area contributed by atoms with Crippen molar-refractivity contribution in [1.29, 1.82) is 0 Å². The zero-order valence-corrected chi connectivity index (χ0v) is 5.67. The molecule has 0 aromatic rings. The molecule has 0 N–H and O–H groups in total. The smallest absolute Gasteiger partial charge is 0.0264 e. The topological polar surface area (TPSA) is 12.4 Å². The molecule has 1 aliphatic rings. The van der Waals surface area contributed by atoms with Crippen LogP contribution in [-0.2, 0) is 0 Å². The molecule has 1 heteroatoms. The van der Waals surface area contributed by atoms with Gasteiger partial charge in [0.05, 0.1) is 0 Å². The van der Waals surface area contributed by atoms with Crippen molar-refractivity contribution in [2.24, 2.45) is 4.99 Å². The van der Waals surface area contributed by atoms with Crippen LogP contribution in [0.15, 0.2) is 28.9 Å². The maximum atomic E-state index is 4.04. The Labute approximate surface area is 55.8 Å². The first-order chi connectivity index (χ1) is 4.39. The summed E-state index contributed by atoms with van der Waals surface area (Å²) in [7, 11) is 0. The number of hydrogen-bond acceptors (Lipinski definition) is 1. The minimum Gasteiger partial charge on any atom is -0.265 e.